The summed E-state index contributed by atoms with van der Waals surface area (Å²) in [4.78, 5) is 29.1. The number of ether oxygens (including phenoxy) is 3. The summed E-state index contributed by atoms with van der Waals surface area (Å²) in [7, 11) is 3.14. The molecular formula is C22H26N2O5. The highest BCUT2D eigenvalue weighted by Crippen LogP contribution is 2.28. The highest BCUT2D eigenvalue weighted by molar-refractivity contribution is 5.96. The molecule has 0 bridgehead atoms. The number of nitrogens with zero attached hydrogens (tertiary/aromatic N) is 2. The van der Waals surface area contributed by atoms with Crippen molar-refractivity contribution in [3.8, 4) is 17.2 Å². The van der Waals surface area contributed by atoms with Crippen LogP contribution in [-0.4, -0.2) is 68.6 Å². The van der Waals surface area contributed by atoms with Crippen LogP contribution in [0.4, 0.5) is 0 Å². The Kier molecular flexibility index (Phi) is 6.59. The molecule has 3 rings (SSSR count). The third-order valence-corrected chi connectivity index (χ3v) is 4.90. The van der Waals surface area contributed by atoms with Gasteiger partial charge in [0, 0.05) is 37.3 Å². The zero-order valence-electron chi connectivity index (χ0n) is 17.0. The molecule has 0 atom stereocenters. The van der Waals surface area contributed by atoms with Crippen molar-refractivity contribution in [3.63, 3.8) is 0 Å². The first-order chi connectivity index (χ1) is 14.1. The summed E-state index contributed by atoms with van der Waals surface area (Å²) in [5, 5.41) is 0. The van der Waals surface area contributed by atoms with Gasteiger partial charge in [-0.1, -0.05) is 0 Å². The Balaban J connectivity index is 1.62. The van der Waals surface area contributed by atoms with Crippen molar-refractivity contribution >= 4 is 11.8 Å². The second kappa shape index (κ2) is 9.32. The van der Waals surface area contributed by atoms with Gasteiger partial charge in [0.2, 0.25) is 0 Å². The van der Waals surface area contributed by atoms with E-state index in [4.69, 9.17) is 14.2 Å². The van der Waals surface area contributed by atoms with Crippen LogP contribution in [0.1, 0.15) is 27.6 Å². The Hall–Kier alpha value is -3.22. The molecule has 2 aromatic rings. The molecule has 7 nitrogen and oxygen atoms in total. The van der Waals surface area contributed by atoms with Crippen LogP contribution in [0.25, 0.3) is 0 Å². The van der Waals surface area contributed by atoms with Gasteiger partial charge in [0.15, 0.2) is 11.5 Å². The molecule has 0 unspecified atom stereocenters. The van der Waals surface area contributed by atoms with Gasteiger partial charge in [-0.25, -0.2) is 0 Å². The number of rotatable bonds is 6. The van der Waals surface area contributed by atoms with Crippen molar-refractivity contribution in [1.82, 2.24) is 9.80 Å². The number of hydrogen-bond acceptors (Lipinski definition) is 5. The van der Waals surface area contributed by atoms with E-state index in [1.165, 1.54) is 0 Å². The molecule has 1 fully saturated rings. The lowest BCUT2D eigenvalue weighted by molar-refractivity contribution is 0.0535. The molecule has 1 saturated heterocycles. The minimum Gasteiger partial charge on any atom is -0.497 e. The predicted octanol–water partition coefficient (Wildman–Crippen LogP) is 2.70. The summed E-state index contributed by atoms with van der Waals surface area (Å²) >= 11 is 0. The van der Waals surface area contributed by atoms with Gasteiger partial charge in [-0.2, -0.15) is 0 Å². The smallest absolute Gasteiger partial charge is 0.254 e. The maximum Gasteiger partial charge on any atom is 0.254 e. The van der Waals surface area contributed by atoms with Gasteiger partial charge in [-0.3, -0.25) is 9.59 Å². The van der Waals surface area contributed by atoms with Crippen LogP contribution in [0, 0.1) is 0 Å². The lowest BCUT2D eigenvalue weighted by Crippen LogP contribution is -2.50. The van der Waals surface area contributed by atoms with Crippen molar-refractivity contribution in [2.24, 2.45) is 0 Å². The number of hydrogen-bond donors (Lipinski definition) is 0. The largest absolute Gasteiger partial charge is 0.497 e. The monoisotopic (exact) mass is 398 g/mol. The summed E-state index contributed by atoms with van der Waals surface area (Å²) in [6.45, 7) is 4.36. The van der Waals surface area contributed by atoms with E-state index >= 15 is 0 Å². The Labute approximate surface area is 170 Å². The first-order valence-electron chi connectivity index (χ1n) is 9.60. The van der Waals surface area contributed by atoms with Crippen LogP contribution < -0.4 is 14.2 Å². The maximum absolute atomic E-state index is 12.9. The third-order valence-electron chi connectivity index (χ3n) is 4.90. The van der Waals surface area contributed by atoms with Crippen LogP contribution >= 0.6 is 0 Å². The van der Waals surface area contributed by atoms with E-state index < -0.39 is 0 Å². The average Bonchev–Trinajstić information content (AvgIpc) is 2.78. The SMILES string of the molecule is CCOc1ccc(C(=O)N2CCN(C(=O)c3ccc(OC)cc3)CC2)cc1OC. The molecule has 1 aliphatic heterocycles. The van der Waals surface area contributed by atoms with E-state index in [1.54, 1.807) is 66.5 Å². The minimum absolute atomic E-state index is 0.0394. The van der Waals surface area contributed by atoms with Crippen molar-refractivity contribution in [3.05, 3.63) is 53.6 Å². The quantitative estimate of drug-likeness (QED) is 0.748. The van der Waals surface area contributed by atoms with Crippen molar-refractivity contribution in [1.29, 1.82) is 0 Å². The Morgan fingerprint density at radius 3 is 1.86 bits per heavy atom. The Bertz CT molecular complexity index is 858. The van der Waals surface area contributed by atoms with Crippen LogP contribution in [-0.2, 0) is 0 Å². The first kappa shape index (κ1) is 20.5. The van der Waals surface area contributed by atoms with E-state index in [9.17, 15) is 9.59 Å². The van der Waals surface area contributed by atoms with Gasteiger partial charge in [-0.15, -0.1) is 0 Å². The van der Waals surface area contributed by atoms with Gasteiger partial charge in [-0.05, 0) is 49.4 Å². The van der Waals surface area contributed by atoms with Crippen molar-refractivity contribution < 1.29 is 23.8 Å². The van der Waals surface area contributed by atoms with E-state index in [2.05, 4.69) is 0 Å². The van der Waals surface area contributed by atoms with E-state index in [0.717, 1.165) is 0 Å². The molecule has 0 spiro atoms. The summed E-state index contributed by atoms with van der Waals surface area (Å²) < 4.78 is 16.0. The molecule has 0 radical (unpaired) electrons. The molecule has 2 amide bonds. The number of piperazine rings is 1. The zero-order chi connectivity index (χ0) is 20.8. The van der Waals surface area contributed by atoms with Crippen molar-refractivity contribution in [2.75, 3.05) is 47.0 Å². The molecule has 154 valence electrons. The molecule has 1 aliphatic rings. The topological polar surface area (TPSA) is 68.3 Å². The fourth-order valence-electron chi connectivity index (χ4n) is 3.29. The molecule has 0 aromatic heterocycles. The van der Waals surface area contributed by atoms with Gasteiger partial charge in [0.25, 0.3) is 11.8 Å². The molecule has 1 heterocycles. The average molecular weight is 398 g/mol. The second-order valence-electron chi connectivity index (χ2n) is 6.61. The highest BCUT2D eigenvalue weighted by atomic mass is 16.5. The van der Waals surface area contributed by atoms with Gasteiger partial charge >= 0.3 is 0 Å². The van der Waals surface area contributed by atoms with Crippen LogP contribution in [0.2, 0.25) is 0 Å². The number of benzene rings is 2. The molecular weight excluding hydrogens is 372 g/mol. The van der Waals surface area contributed by atoms with Crippen LogP contribution in [0.3, 0.4) is 0 Å². The number of carbonyl (C=O) groups excluding carboxylic acids is 2. The number of methoxy groups -OCH3 is 2. The lowest BCUT2D eigenvalue weighted by atomic mass is 10.1. The first-order valence-corrected chi connectivity index (χ1v) is 9.60. The van der Waals surface area contributed by atoms with Gasteiger partial charge in [0.1, 0.15) is 5.75 Å². The van der Waals surface area contributed by atoms with E-state index in [0.29, 0.717) is 61.2 Å². The summed E-state index contributed by atoms with van der Waals surface area (Å²) in [6, 6.07) is 12.2. The molecule has 0 N–H and O–H groups in total. The number of amides is 2. The molecule has 29 heavy (non-hydrogen) atoms. The lowest BCUT2D eigenvalue weighted by Gasteiger charge is -2.35. The maximum atomic E-state index is 12.9. The van der Waals surface area contributed by atoms with E-state index in [1.807, 2.05) is 6.92 Å². The summed E-state index contributed by atoms with van der Waals surface area (Å²) in [5.41, 5.74) is 1.15. The molecule has 0 saturated carbocycles. The molecule has 7 heteroatoms. The number of carbonyl (C=O) groups is 2. The molecule has 2 aromatic carbocycles. The second-order valence-corrected chi connectivity index (χ2v) is 6.61. The van der Waals surface area contributed by atoms with Gasteiger partial charge < -0.3 is 24.0 Å². The highest BCUT2D eigenvalue weighted by Gasteiger charge is 2.26. The van der Waals surface area contributed by atoms with Crippen molar-refractivity contribution in [2.45, 2.75) is 6.92 Å². The minimum atomic E-state index is -0.0807. The molecule has 0 aliphatic carbocycles. The normalized spacial score (nSPS) is 13.8. The summed E-state index contributed by atoms with van der Waals surface area (Å²) in [6.07, 6.45) is 0. The Morgan fingerprint density at radius 1 is 0.793 bits per heavy atom. The fourth-order valence-corrected chi connectivity index (χ4v) is 3.29. The van der Waals surface area contributed by atoms with Crippen LogP contribution in [0.15, 0.2) is 42.5 Å². The summed E-state index contributed by atoms with van der Waals surface area (Å²) in [5.74, 6) is 1.74. The van der Waals surface area contributed by atoms with Gasteiger partial charge in [0.05, 0.1) is 20.8 Å². The van der Waals surface area contributed by atoms with Crippen LogP contribution in [0.5, 0.6) is 17.2 Å². The predicted molar refractivity (Wildman–Crippen MR) is 109 cm³/mol. The third kappa shape index (κ3) is 4.62. The van der Waals surface area contributed by atoms with E-state index in [-0.39, 0.29) is 11.8 Å². The fraction of sp³-hybridized carbons (Fsp3) is 0.364. The standard InChI is InChI=1S/C22H26N2O5/c1-4-29-19-10-7-17(15-20(19)28-3)22(26)24-13-11-23(12-14-24)21(25)16-5-8-18(27-2)9-6-16/h5-10,15H,4,11-14H2,1-3H3. The zero-order valence-corrected chi connectivity index (χ0v) is 17.0. The Morgan fingerprint density at radius 2 is 1.34 bits per heavy atom.